The molecule has 1 nitrogen and oxygen atoms in total. The highest BCUT2D eigenvalue weighted by molar-refractivity contribution is 9.10. The maximum Gasteiger partial charge on any atom is 0.123 e. The van der Waals surface area contributed by atoms with Crippen molar-refractivity contribution >= 4 is 22.2 Å². The lowest BCUT2D eigenvalue weighted by atomic mass is 9.64. The van der Waals surface area contributed by atoms with E-state index in [4.69, 9.17) is 0 Å². The zero-order valence-electron chi connectivity index (χ0n) is 11.2. The predicted molar refractivity (Wildman–Crippen MR) is 81.1 cm³/mol. The minimum Gasteiger partial charge on any atom is -0.303 e. The summed E-state index contributed by atoms with van der Waals surface area (Å²) in [5.41, 5.74) is 1.50. The van der Waals surface area contributed by atoms with Gasteiger partial charge in [-0.3, -0.25) is 0 Å². The summed E-state index contributed by atoms with van der Waals surface area (Å²) in [5.74, 6) is 2.77. The first-order valence-corrected chi connectivity index (χ1v) is 8.26. The summed E-state index contributed by atoms with van der Waals surface area (Å²) in [6, 6.07) is 8.85. The van der Waals surface area contributed by atoms with E-state index in [0.29, 0.717) is 5.92 Å². The van der Waals surface area contributed by atoms with Gasteiger partial charge in [0.15, 0.2) is 0 Å². The molecule has 2 aliphatic rings. The van der Waals surface area contributed by atoms with Gasteiger partial charge in [0, 0.05) is 10.4 Å². The Bertz CT molecular complexity index is 439. The summed E-state index contributed by atoms with van der Waals surface area (Å²) in [6.07, 6.45) is 8.68. The minimum atomic E-state index is 0.352. The van der Waals surface area contributed by atoms with Crippen molar-refractivity contribution in [3.05, 3.63) is 34.3 Å². The smallest absolute Gasteiger partial charge is 0.123 e. The van der Waals surface area contributed by atoms with Crippen LogP contribution < -0.4 is 0 Å². The number of rotatable bonds is 2. The molecular weight excluding hydrogens is 300 g/mol. The van der Waals surface area contributed by atoms with Crippen LogP contribution in [0.2, 0.25) is 0 Å². The molecule has 0 aliphatic heterocycles. The summed E-state index contributed by atoms with van der Waals surface area (Å²) in [4.78, 5) is 10.9. The lowest BCUT2D eigenvalue weighted by molar-refractivity contribution is -0.113. The molecule has 0 radical (unpaired) electrons. The van der Waals surface area contributed by atoms with Gasteiger partial charge in [-0.15, -0.1) is 0 Å². The lowest BCUT2D eigenvalue weighted by Gasteiger charge is -2.41. The van der Waals surface area contributed by atoms with Crippen LogP contribution in [-0.2, 0) is 4.79 Å². The van der Waals surface area contributed by atoms with Gasteiger partial charge in [-0.1, -0.05) is 28.1 Å². The highest BCUT2D eigenvalue weighted by atomic mass is 79.9. The highest BCUT2D eigenvalue weighted by Crippen LogP contribution is 2.47. The Hall–Kier alpha value is -0.630. The fourth-order valence-corrected chi connectivity index (χ4v) is 4.35. The molecule has 1 aromatic rings. The maximum absolute atomic E-state index is 10.9. The van der Waals surface area contributed by atoms with Crippen LogP contribution in [0.3, 0.4) is 0 Å². The van der Waals surface area contributed by atoms with E-state index in [2.05, 4.69) is 40.2 Å². The quantitative estimate of drug-likeness (QED) is 0.705. The fraction of sp³-hybridized carbons (Fsp3) is 0.588. The van der Waals surface area contributed by atoms with Gasteiger partial charge < -0.3 is 4.79 Å². The second-order valence-electron chi connectivity index (χ2n) is 6.29. The number of carbonyl (C=O) groups is 1. The molecule has 0 bridgehead atoms. The molecule has 0 saturated heterocycles. The molecule has 1 aromatic carbocycles. The van der Waals surface area contributed by atoms with Crippen LogP contribution >= 0.6 is 15.9 Å². The summed E-state index contributed by atoms with van der Waals surface area (Å²) in [5, 5.41) is 0. The number of halogens is 1. The van der Waals surface area contributed by atoms with Crippen molar-refractivity contribution < 1.29 is 4.79 Å². The van der Waals surface area contributed by atoms with E-state index in [9.17, 15) is 4.79 Å². The standard InChI is InChI=1S/C17H21BrO/c18-17-7-5-13(6-8-17)15-4-3-14-9-12(11-19)1-2-16(14)10-15/h5-8,11-12,14-16H,1-4,9-10H2. The van der Waals surface area contributed by atoms with Gasteiger partial charge in [-0.05, 0) is 74.0 Å². The monoisotopic (exact) mass is 320 g/mol. The molecule has 0 amide bonds. The molecular formula is C17H21BrO. The summed E-state index contributed by atoms with van der Waals surface area (Å²) < 4.78 is 1.16. The first-order valence-electron chi connectivity index (χ1n) is 7.47. The molecule has 0 aromatic heterocycles. The number of carbonyl (C=O) groups excluding carboxylic acids is 1. The Morgan fingerprint density at radius 3 is 2.37 bits per heavy atom. The molecule has 2 heteroatoms. The molecule has 2 aliphatic carbocycles. The third-order valence-corrected chi connectivity index (χ3v) is 5.72. The summed E-state index contributed by atoms with van der Waals surface area (Å²) in [6.45, 7) is 0. The van der Waals surface area contributed by atoms with Crippen LogP contribution in [0.1, 0.15) is 50.0 Å². The minimum absolute atomic E-state index is 0.352. The molecule has 0 spiro atoms. The number of hydrogen-bond donors (Lipinski definition) is 0. The van der Waals surface area contributed by atoms with Crippen LogP contribution in [0.5, 0.6) is 0 Å². The van der Waals surface area contributed by atoms with Gasteiger partial charge in [-0.2, -0.15) is 0 Å². The van der Waals surface area contributed by atoms with Crippen molar-refractivity contribution in [3.63, 3.8) is 0 Å². The Kier molecular flexibility index (Phi) is 4.07. The van der Waals surface area contributed by atoms with E-state index in [1.54, 1.807) is 0 Å². The average molecular weight is 321 g/mol. The van der Waals surface area contributed by atoms with Crippen molar-refractivity contribution in [2.45, 2.75) is 44.4 Å². The van der Waals surface area contributed by atoms with Gasteiger partial charge in [0.25, 0.3) is 0 Å². The third-order valence-electron chi connectivity index (χ3n) is 5.19. The third kappa shape index (κ3) is 2.94. The largest absolute Gasteiger partial charge is 0.303 e. The van der Waals surface area contributed by atoms with Gasteiger partial charge in [-0.25, -0.2) is 0 Å². The number of fused-ring (bicyclic) bond motifs is 1. The Labute approximate surface area is 123 Å². The van der Waals surface area contributed by atoms with E-state index >= 15 is 0 Å². The van der Waals surface area contributed by atoms with Gasteiger partial charge in [0.1, 0.15) is 6.29 Å². The molecule has 2 fully saturated rings. The zero-order chi connectivity index (χ0) is 13.2. The summed E-state index contributed by atoms with van der Waals surface area (Å²) >= 11 is 3.51. The highest BCUT2D eigenvalue weighted by Gasteiger charge is 2.35. The van der Waals surface area contributed by atoms with Crippen molar-refractivity contribution in [2.75, 3.05) is 0 Å². The molecule has 2 saturated carbocycles. The van der Waals surface area contributed by atoms with Crippen molar-refractivity contribution in [1.29, 1.82) is 0 Å². The molecule has 0 N–H and O–H groups in total. The van der Waals surface area contributed by atoms with Gasteiger partial charge in [0.05, 0.1) is 0 Å². The van der Waals surface area contributed by atoms with Crippen LogP contribution in [0.4, 0.5) is 0 Å². The number of benzene rings is 1. The molecule has 4 atom stereocenters. The average Bonchev–Trinajstić information content (AvgIpc) is 2.47. The van der Waals surface area contributed by atoms with E-state index in [0.717, 1.165) is 35.1 Å². The maximum atomic E-state index is 10.9. The molecule has 19 heavy (non-hydrogen) atoms. The van der Waals surface area contributed by atoms with Crippen molar-refractivity contribution in [2.24, 2.45) is 17.8 Å². The van der Waals surface area contributed by atoms with Crippen LogP contribution in [0, 0.1) is 17.8 Å². The second kappa shape index (κ2) is 5.78. The van der Waals surface area contributed by atoms with Gasteiger partial charge >= 0.3 is 0 Å². The molecule has 102 valence electrons. The summed E-state index contributed by atoms with van der Waals surface area (Å²) in [7, 11) is 0. The fourth-order valence-electron chi connectivity index (χ4n) is 4.09. The predicted octanol–water partition coefficient (Wildman–Crippen LogP) is 4.95. The van der Waals surface area contributed by atoms with Crippen LogP contribution in [0.15, 0.2) is 28.7 Å². The van der Waals surface area contributed by atoms with Crippen molar-refractivity contribution in [3.8, 4) is 0 Å². The lowest BCUT2D eigenvalue weighted by Crippen LogP contribution is -2.30. The topological polar surface area (TPSA) is 17.1 Å². The molecule has 4 unspecified atom stereocenters. The Morgan fingerprint density at radius 1 is 0.947 bits per heavy atom. The van der Waals surface area contributed by atoms with E-state index in [-0.39, 0.29) is 0 Å². The van der Waals surface area contributed by atoms with E-state index in [1.165, 1.54) is 37.5 Å². The zero-order valence-corrected chi connectivity index (χ0v) is 12.8. The van der Waals surface area contributed by atoms with Gasteiger partial charge in [0.2, 0.25) is 0 Å². The normalized spacial score (nSPS) is 34.6. The number of aldehydes is 1. The van der Waals surface area contributed by atoms with Crippen molar-refractivity contribution in [1.82, 2.24) is 0 Å². The van der Waals surface area contributed by atoms with Crippen LogP contribution in [-0.4, -0.2) is 6.29 Å². The molecule has 0 heterocycles. The second-order valence-corrected chi connectivity index (χ2v) is 7.21. The van der Waals surface area contributed by atoms with E-state index < -0.39 is 0 Å². The van der Waals surface area contributed by atoms with E-state index in [1.807, 2.05) is 0 Å². The van der Waals surface area contributed by atoms with Crippen LogP contribution in [0.25, 0.3) is 0 Å². The SMILES string of the molecule is O=CC1CCC2CC(c3ccc(Br)cc3)CCC2C1. The molecule has 3 rings (SSSR count). The first-order chi connectivity index (χ1) is 9.26. The number of hydrogen-bond acceptors (Lipinski definition) is 1. The Morgan fingerprint density at radius 2 is 1.63 bits per heavy atom. The first kappa shape index (κ1) is 13.4. The Balaban J connectivity index is 1.66.